The first-order valence-electron chi connectivity index (χ1n) is 67.4. The summed E-state index contributed by atoms with van der Waals surface area (Å²) < 4.78 is 410. The van der Waals surface area contributed by atoms with Crippen molar-refractivity contribution in [3.8, 4) is 0 Å². The highest BCUT2D eigenvalue weighted by Crippen LogP contribution is 2.31. The van der Waals surface area contributed by atoms with E-state index >= 15 is 0 Å². The number of aryl methyl sites for hydroxylation is 3. The average molecular weight is 1730 g/mol. The zero-order valence-electron chi connectivity index (χ0n) is 121. The first kappa shape index (κ1) is 47.8. The molecule has 0 saturated carbocycles. The molecule has 0 bridgehead atoms. The number of benzene rings is 10. The van der Waals surface area contributed by atoms with Crippen molar-refractivity contribution in [2.45, 2.75) is 193 Å². The summed E-state index contributed by atoms with van der Waals surface area (Å²) in [5, 5.41) is 0. The molecule has 10 aromatic carbocycles. The molecule has 15 rings (SSSR count). The molecule has 5 aliphatic heterocycles. The number of anilines is 5. The number of amides is 5. The van der Waals surface area contributed by atoms with E-state index in [9.17, 15) is 24.0 Å². The Balaban J connectivity index is 0.000000205. The summed E-state index contributed by atoms with van der Waals surface area (Å²) in [5.74, 6) is -4.44. The minimum atomic E-state index is -2.66. The molecule has 5 amide bonds. The fourth-order valence-electron chi connectivity index (χ4n) is 15.1. The Morgan fingerprint density at radius 3 is 0.768 bits per heavy atom. The van der Waals surface area contributed by atoms with Crippen LogP contribution < -0.4 is 24.5 Å². The summed E-state index contributed by atoms with van der Waals surface area (Å²) >= 11 is 0. The normalized spacial score (nSPS) is 23.0. The van der Waals surface area contributed by atoms with Gasteiger partial charge in [-0.1, -0.05) is 277 Å². The Kier molecular flexibility index (Phi) is 20.2. The summed E-state index contributed by atoms with van der Waals surface area (Å²) in [7, 11) is 0. The highest BCUT2D eigenvalue weighted by Gasteiger charge is 2.34. The van der Waals surface area contributed by atoms with Crippen LogP contribution in [0.4, 0.5) is 28.4 Å². The van der Waals surface area contributed by atoms with Crippen molar-refractivity contribution in [2.75, 3.05) is 123 Å². The number of nitrogens with zero attached hydrogens (tertiary/aromatic N) is 10. The molecule has 0 radical (unpaired) electrons. The number of hydrogen-bond donors (Lipinski definition) is 0. The van der Waals surface area contributed by atoms with Crippen LogP contribution in [0.3, 0.4) is 0 Å². The third kappa shape index (κ3) is 30.6. The standard InChI is InChI=1S/5C22H28N2O/c5*1-2-22(25)24(20-11-7-4-8-12-20)21-14-17-23(18-15-21)16-13-19-9-5-3-6-10-19/h5*3-12,21H,2,13-18H2,1H3/i2D2,4D,7D,8D,11D,12D,13D2,16D2;1D3,4D,7D,8D,11D,12D,13D2,16D2;1D3,4D,7D,8D,11D,12D,16D2;1D3,4D,7D,8D,11D,12D,13D2;1D3,4D,7D,8D,11D,12D. The lowest BCUT2D eigenvalue weighted by molar-refractivity contribution is -0.119. The third-order valence-corrected chi connectivity index (χ3v) is 21.5. The zero-order valence-corrected chi connectivity index (χ0v) is 70.1. The molecule has 0 unspecified atom stereocenters. The lowest BCUT2D eigenvalue weighted by Crippen LogP contribution is -2.47. The molecule has 5 fully saturated rings. The largest absolute Gasteiger partial charge is 0.309 e. The van der Waals surface area contributed by atoms with Gasteiger partial charge in [0.25, 0.3) is 0 Å². The van der Waals surface area contributed by atoms with Crippen molar-refractivity contribution in [2.24, 2.45) is 0 Å². The van der Waals surface area contributed by atoms with Gasteiger partial charge in [0.15, 0.2) is 0 Å². The first-order chi connectivity index (χ1) is 81.5. The Hall–Kier alpha value is -10.7. The zero-order chi connectivity index (χ0) is 132. The van der Waals surface area contributed by atoms with Crippen LogP contribution in [0.2, 0.25) is 0 Å². The quantitative estimate of drug-likeness (QED) is 0.0431. The lowest BCUT2D eigenvalue weighted by Gasteiger charge is -2.38. The summed E-state index contributed by atoms with van der Waals surface area (Å²) in [5.41, 5.74) is 1.23. The molecule has 0 atom stereocenters. The molecular weight excluding hydrogens is 1540 g/mol. The molecule has 0 spiro atoms. The van der Waals surface area contributed by atoms with Crippen molar-refractivity contribution in [3.05, 3.63) is 331 Å². The van der Waals surface area contributed by atoms with Crippen molar-refractivity contribution in [1.29, 1.82) is 0 Å². The van der Waals surface area contributed by atoms with E-state index in [1.807, 2.05) is 59.5 Å². The Labute approximate surface area is 820 Å². The number of rotatable bonds is 30. The van der Waals surface area contributed by atoms with Gasteiger partial charge < -0.3 is 49.0 Å². The van der Waals surface area contributed by atoms with E-state index in [2.05, 4.69) is 17.0 Å². The van der Waals surface area contributed by atoms with E-state index in [0.717, 1.165) is 50.0 Å². The minimum absolute atomic E-state index is 0.000830. The van der Waals surface area contributed by atoms with Crippen molar-refractivity contribution in [3.63, 3.8) is 0 Å². The van der Waals surface area contributed by atoms with Gasteiger partial charge in [-0.2, -0.15) is 0 Å². The molecule has 15 nitrogen and oxygen atoms in total. The number of hydrogen-bond acceptors (Lipinski definition) is 10. The van der Waals surface area contributed by atoms with Gasteiger partial charge in [-0.15, -0.1) is 0 Å². The van der Waals surface area contributed by atoms with Crippen molar-refractivity contribution < 1.29 is 93.9 Å². The molecule has 15 heteroatoms. The first-order valence-corrected chi connectivity index (χ1v) is 41.9. The topological polar surface area (TPSA) is 118 Å². The van der Waals surface area contributed by atoms with Crippen LogP contribution in [0, 0.1) is 0 Å². The van der Waals surface area contributed by atoms with Gasteiger partial charge in [-0.05, 0) is 184 Å². The van der Waals surface area contributed by atoms with Crippen LogP contribution >= 0.6 is 0 Å². The average Bonchev–Trinajstić information content (AvgIpc) is 0.750. The molecule has 5 heterocycles. The highest BCUT2D eigenvalue weighted by atomic mass is 16.2. The van der Waals surface area contributed by atoms with E-state index in [4.69, 9.17) is 69.9 Å². The molecule has 10 aromatic rings. The van der Waals surface area contributed by atoms with Crippen LogP contribution in [0.25, 0.3) is 0 Å². The molecule has 5 saturated heterocycles. The van der Waals surface area contributed by atoms with Gasteiger partial charge in [-0.3, -0.25) is 24.0 Å². The molecule has 660 valence electrons. The second kappa shape index (κ2) is 53.0. The Bertz CT molecular complexity index is 7250. The summed E-state index contributed by atoms with van der Waals surface area (Å²) in [6.45, 7) is -12.3. The molecule has 0 aromatic heterocycles. The maximum absolute atomic E-state index is 13.2. The number of para-hydroxylation sites is 5. The van der Waals surface area contributed by atoms with Gasteiger partial charge in [-0.25, -0.2) is 0 Å². The van der Waals surface area contributed by atoms with Crippen molar-refractivity contribution >= 4 is 58.0 Å². The summed E-state index contributed by atoms with van der Waals surface area (Å²) in [4.78, 5) is 79.3. The van der Waals surface area contributed by atoms with E-state index in [-0.39, 0.29) is 119 Å². The van der Waals surface area contributed by atoms with E-state index in [1.165, 1.54) is 39.6 Å². The summed E-state index contributed by atoms with van der Waals surface area (Å²) in [6.07, 6.45) is -8.51. The number of piperidine rings is 5. The fraction of sp³-hybridized carbons (Fsp3) is 0.409. The molecular formula is C110H140N10O5. The fourth-order valence-corrected chi connectivity index (χ4v) is 15.1. The maximum atomic E-state index is 13.2. The molecule has 0 N–H and O–H groups in total. The van der Waals surface area contributed by atoms with E-state index in [0.29, 0.717) is 57.4 Å². The third-order valence-electron chi connectivity index (χ3n) is 21.5. The van der Waals surface area contributed by atoms with E-state index < -0.39 is 320 Å². The minimum Gasteiger partial charge on any atom is -0.309 e. The van der Waals surface area contributed by atoms with E-state index in [1.54, 1.807) is 65.6 Å². The second-order valence-corrected chi connectivity index (χ2v) is 29.6. The Morgan fingerprint density at radius 2 is 0.504 bits per heavy atom. The van der Waals surface area contributed by atoms with Crippen LogP contribution in [0.5, 0.6) is 0 Å². The number of carbonyl (C=O) groups excluding carboxylic acids is 5. The van der Waals surface area contributed by atoms with Crippen LogP contribution in [-0.2, 0) is 55.9 Å². The van der Waals surface area contributed by atoms with Crippen molar-refractivity contribution in [1.82, 2.24) is 24.5 Å². The van der Waals surface area contributed by atoms with Crippen LogP contribution in [0.1, 0.15) is 228 Å². The van der Waals surface area contributed by atoms with Gasteiger partial charge >= 0.3 is 0 Å². The van der Waals surface area contributed by atoms with Crippen LogP contribution in [0.15, 0.2) is 303 Å². The van der Waals surface area contributed by atoms with Crippen LogP contribution in [-0.4, -0.2) is 182 Å². The number of likely N-dealkylation sites (tertiary alicyclic amines) is 5. The predicted octanol–water partition coefficient (Wildman–Crippen LogP) is 20.7. The molecule has 5 aliphatic rings. The maximum Gasteiger partial charge on any atom is 0.226 e. The SMILES string of the molecule is [2H]c1c([2H])c([2H])c(N(C(=O)C([2H])([2H])C)C2CCN(C([2H])([2H])C([2H])([2H])c3ccccc3)CC2)c([2H])c1[2H].[2H]c1c([2H])c([2H])c(N(C(=O)CC([2H])([2H])[2H])C2CCN(C([2H])([2H])C([2H])([2H])c3ccccc3)CC2)c([2H])c1[2H].[2H]c1c([2H])c([2H])c(N(C(=O)CC([2H])([2H])[2H])C2CCN(C([2H])([2H])Cc3ccccc3)CC2)c([2H])c1[2H].[2H]c1c([2H])c([2H])c(N(C(=O)CC([2H])([2H])[2H])C2CCN(CC([2H])([2H])c3ccccc3)CC2)c([2H])c1[2H].[2H]c1c([2H])c([2H])c(N(C(=O)CC([2H])([2H])[2H])C2CCN(CCc3ccccc3)CC2)c([2H])c1[2H]. The second-order valence-electron chi connectivity index (χ2n) is 29.6. The van der Waals surface area contributed by atoms with Gasteiger partial charge in [0.1, 0.15) is 0 Å². The van der Waals surface area contributed by atoms with Gasteiger partial charge in [0.05, 0.1) is 34.3 Å². The van der Waals surface area contributed by atoms with Gasteiger partial charge in [0.2, 0.25) is 29.5 Å². The summed E-state index contributed by atoms with van der Waals surface area (Å²) in [6, 6.07) is 25.9. The monoisotopic (exact) mass is 1730 g/mol. The Morgan fingerprint density at radius 1 is 0.280 bits per heavy atom. The highest BCUT2D eigenvalue weighted by molar-refractivity contribution is 5.96. The number of carbonyl (C=O) groups is 5. The van der Waals surface area contributed by atoms with Gasteiger partial charge in [0, 0.05) is 224 Å². The molecule has 125 heavy (non-hydrogen) atoms. The lowest BCUT2D eigenvalue weighted by atomic mass is 10.0. The predicted molar refractivity (Wildman–Crippen MR) is 519 cm³/mol. The smallest absolute Gasteiger partial charge is 0.226 e. The molecule has 0 aliphatic carbocycles.